The van der Waals surface area contributed by atoms with E-state index in [-0.39, 0.29) is 28.6 Å². The summed E-state index contributed by atoms with van der Waals surface area (Å²) in [6, 6.07) is 15.7. The number of pyridine rings is 2. The smallest absolute Gasteiger partial charge is 0.368 e. The number of benzene rings is 2. The van der Waals surface area contributed by atoms with Crippen LogP contribution in [0.4, 0.5) is 11.6 Å². The maximum absolute atomic E-state index is 14.7. The van der Waals surface area contributed by atoms with Crippen LogP contribution >= 0.6 is 11.6 Å². The van der Waals surface area contributed by atoms with Crippen LogP contribution < -0.4 is 20.3 Å². The fourth-order valence-electron chi connectivity index (χ4n) is 6.57. The highest BCUT2D eigenvalue weighted by molar-refractivity contribution is 6.35. The fourth-order valence-corrected chi connectivity index (χ4v) is 6.86. The Hall–Kier alpha value is -6.25. The molecule has 0 amide bonds. The number of aromatic nitrogens is 4. The highest BCUT2D eigenvalue weighted by atomic mass is 35.5. The van der Waals surface area contributed by atoms with Crippen molar-refractivity contribution in [3.8, 4) is 22.6 Å². The monoisotopic (exact) mass is 763 g/mol. The molecule has 0 saturated heterocycles. The molecular weight excluding hydrogens is 724 g/mol. The van der Waals surface area contributed by atoms with E-state index in [1.807, 2.05) is 45.3 Å². The topological polar surface area (TPSA) is 164 Å². The Morgan fingerprint density at radius 2 is 1.91 bits per heavy atom. The van der Waals surface area contributed by atoms with E-state index in [0.29, 0.717) is 74.7 Å². The summed E-state index contributed by atoms with van der Waals surface area (Å²) in [4.78, 5) is 55.4. The average molecular weight is 764 g/mol. The number of rotatable bonds is 15. The van der Waals surface area contributed by atoms with E-state index in [1.54, 1.807) is 65.7 Å². The van der Waals surface area contributed by atoms with Crippen molar-refractivity contribution < 1.29 is 23.7 Å². The second-order valence-electron chi connectivity index (χ2n) is 13.7. The number of aliphatic imine (C=N–C) groups is 1. The van der Waals surface area contributed by atoms with Gasteiger partial charge in [0.2, 0.25) is 0 Å². The molecule has 0 saturated carbocycles. The van der Waals surface area contributed by atoms with Crippen LogP contribution in [0.5, 0.6) is 11.5 Å². The van der Waals surface area contributed by atoms with Crippen molar-refractivity contribution in [3.63, 3.8) is 0 Å². The molecule has 1 unspecified atom stereocenters. The first-order valence-corrected chi connectivity index (χ1v) is 17.7. The van der Waals surface area contributed by atoms with Crippen LogP contribution in [0.3, 0.4) is 0 Å². The van der Waals surface area contributed by atoms with E-state index in [2.05, 4.69) is 25.3 Å². The molecule has 1 atom stereocenters. The van der Waals surface area contributed by atoms with E-state index < -0.39 is 11.0 Å². The normalized spacial score (nSPS) is 13.4. The van der Waals surface area contributed by atoms with E-state index in [4.69, 9.17) is 21.1 Å². The Morgan fingerprint density at radius 1 is 1.09 bits per heavy atom. The number of anilines is 2. The Balaban J connectivity index is 1.32. The molecule has 0 spiro atoms. The molecule has 1 N–H and O–H groups in total. The molecule has 1 aliphatic rings. The van der Waals surface area contributed by atoms with Gasteiger partial charge >= 0.3 is 5.82 Å². The lowest BCUT2D eigenvalue weighted by atomic mass is 9.99. The van der Waals surface area contributed by atoms with Gasteiger partial charge in [0.15, 0.2) is 5.78 Å². The lowest BCUT2D eigenvalue weighted by molar-refractivity contribution is -0.880. The van der Waals surface area contributed by atoms with Crippen LogP contribution in [0.15, 0.2) is 107 Å². The van der Waals surface area contributed by atoms with Crippen molar-refractivity contribution in [2.75, 3.05) is 46.7 Å². The number of nitro groups is 1. The first-order valence-electron chi connectivity index (χ1n) is 17.4. The lowest BCUT2D eigenvalue weighted by Gasteiger charge is -2.28. The zero-order chi connectivity index (χ0) is 39.3. The Labute approximate surface area is 322 Å². The highest BCUT2D eigenvalue weighted by Crippen LogP contribution is 2.39. The summed E-state index contributed by atoms with van der Waals surface area (Å²) in [5.74, 6) is 1.64. The SMILES string of the molecule is COc1cc(OC)c(Cl)c(-c2cc3cnc(Nc4ccncn4)cc3n(C(C)c3cccc(CC(=O)/C=C/C[N+](C)(C)CC4=C([N+](=O)[O-])N=CC4)c3)c2=O)c1. The number of quaternary nitrogens is 1. The zero-order valence-corrected chi connectivity index (χ0v) is 31.8. The number of nitrogens with zero attached hydrogens (tertiary/aromatic N) is 7. The highest BCUT2D eigenvalue weighted by Gasteiger charge is 2.28. The predicted octanol–water partition coefficient (Wildman–Crippen LogP) is 6.58. The summed E-state index contributed by atoms with van der Waals surface area (Å²) in [5.41, 5.74) is 3.30. The van der Waals surface area contributed by atoms with Gasteiger partial charge in [0, 0.05) is 53.9 Å². The number of hydrogen-bond donors (Lipinski definition) is 1. The molecule has 6 rings (SSSR count). The van der Waals surface area contributed by atoms with Crippen molar-refractivity contribution in [3.05, 3.63) is 133 Å². The number of ether oxygens (including phenoxy) is 2. The number of hydrogen-bond acceptors (Lipinski definition) is 11. The maximum Gasteiger partial charge on any atom is 0.368 e. The van der Waals surface area contributed by atoms with Gasteiger partial charge in [-0.3, -0.25) is 9.59 Å². The van der Waals surface area contributed by atoms with Crippen molar-refractivity contribution in [1.82, 2.24) is 19.5 Å². The number of allylic oxidation sites excluding steroid dienone is 1. The van der Waals surface area contributed by atoms with Crippen LogP contribution in [-0.2, 0) is 11.2 Å². The van der Waals surface area contributed by atoms with Crippen LogP contribution in [0.1, 0.15) is 30.5 Å². The summed E-state index contributed by atoms with van der Waals surface area (Å²) in [5, 5.41) is 15.4. The van der Waals surface area contributed by atoms with E-state index >= 15 is 0 Å². The van der Waals surface area contributed by atoms with Crippen molar-refractivity contribution in [1.29, 1.82) is 0 Å². The third kappa shape index (κ3) is 8.77. The molecule has 0 radical (unpaired) electrons. The van der Waals surface area contributed by atoms with Gasteiger partial charge in [-0.05, 0) is 53.3 Å². The minimum Gasteiger partial charge on any atom is -0.497 e. The number of halogens is 1. The third-order valence-corrected chi connectivity index (χ3v) is 9.67. The molecule has 14 nitrogen and oxygen atoms in total. The van der Waals surface area contributed by atoms with Gasteiger partial charge < -0.3 is 34.0 Å². The first kappa shape index (κ1) is 38.5. The van der Waals surface area contributed by atoms with E-state index in [9.17, 15) is 19.7 Å². The average Bonchev–Trinajstić information content (AvgIpc) is 3.63. The molecule has 5 aromatic rings. The van der Waals surface area contributed by atoms with Gasteiger partial charge in [-0.15, -0.1) is 0 Å². The summed E-state index contributed by atoms with van der Waals surface area (Å²) in [6.07, 6.45) is 10.2. The molecule has 0 bridgehead atoms. The fraction of sp³-hybridized carbons (Fsp3) is 0.250. The molecule has 282 valence electrons. The van der Waals surface area contributed by atoms with Gasteiger partial charge in [0.05, 0.1) is 57.0 Å². The molecule has 0 aliphatic carbocycles. The van der Waals surface area contributed by atoms with Crippen molar-refractivity contribution in [2.45, 2.75) is 25.8 Å². The molecule has 2 aromatic carbocycles. The van der Waals surface area contributed by atoms with Gasteiger partial charge in [-0.25, -0.2) is 15.0 Å². The van der Waals surface area contributed by atoms with Crippen LogP contribution in [0, 0.1) is 10.1 Å². The Bertz CT molecular complexity index is 2430. The predicted molar refractivity (Wildman–Crippen MR) is 212 cm³/mol. The quantitative estimate of drug-likeness (QED) is 0.0533. The zero-order valence-electron chi connectivity index (χ0n) is 31.0. The number of ketones is 1. The number of carbonyl (C=O) groups excluding carboxylic acids is 1. The van der Waals surface area contributed by atoms with Crippen LogP contribution in [0.2, 0.25) is 5.02 Å². The number of nitrogens with one attached hydrogen (secondary N) is 1. The second-order valence-corrected chi connectivity index (χ2v) is 14.1. The number of likely N-dealkylation sites (N-methyl/N-ethyl adjacent to an activating group) is 1. The number of fused-ring (bicyclic) bond motifs is 1. The van der Waals surface area contributed by atoms with Crippen LogP contribution in [0.25, 0.3) is 22.0 Å². The van der Waals surface area contributed by atoms with Gasteiger partial charge in [0.25, 0.3) is 5.56 Å². The van der Waals surface area contributed by atoms with Crippen molar-refractivity contribution >= 4 is 46.1 Å². The standard InChI is InChI=1S/C40H39ClN8O6/c1-25(27-9-6-8-26(16-27)17-30(50)10-7-15-49(2,3)23-28-11-14-43-39(28)48(52)53)47-34-21-37(46-36-12-13-42-24-45-36)44-22-29(34)18-33(40(47)51)32-19-31(54-4)20-35(55-5)38(32)41/h6-10,12-14,16,18-22,24-25H,11,15,17,23H2,1-5H3/p+1/b10-7+. The Kier molecular flexibility index (Phi) is 11.5. The molecule has 4 heterocycles. The second kappa shape index (κ2) is 16.4. The summed E-state index contributed by atoms with van der Waals surface area (Å²) in [6.45, 7) is 2.86. The summed E-state index contributed by atoms with van der Waals surface area (Å²) >= 11 is 6.81. The molecule has 3 aromatic heterocycles. The maximum atomic E-state index is 14.7. The van der Waals surface area contributed by atoms with Crippen LogP contribution in [-0.4, -0.2) is 82.3 Å². The molecule has 0 fully saturated rings. The minimum absolute atomic E-state index is 0.0947. The molecule has 1 aliphatic heterocycles. The van der Waals surface area contributed by atoms with Gasteiger partial charge in [0.1, 0.15) is 42.2 Å². The van der Waals surface area contributed by atoms with Gasteiger partial charge in [-0.2, -0.15) is 0 Å². The number of carbonyl (C=O) groups is 1. The van der Waals surface area contributed by atoms with E-state index in [1.165, 1.54) is 20.5 Å². The lowest BCUT2D eigenvalue weighted by Crippen LogP contribution is -2.41. The Morgan fingerprint density at radius 3 is 2.64 bits per heavy atom. The van der Waals surface area contributed by atoms with Crippen molar-refractivity contribution in [2.24, 2.45) is 4.99 Å². The van der Waals surface area contributed by atoms with E-state index in [0.717, 1.165) is 11.1 Å². The third-order valence-electron chi connectivity index (χ3n) is 9.28. The first-order chi connectivity index (χ1) is 26.4. The van der Waals surface area contributed by atoms with Gasteiger partial charge in [-0.1, -0.05) is 40.9 Å². The minimum atomic E-state index is -0.503. The summed E-state index contributed by atoms with van der Waals surface area (Å²) in [7, 11) is 6.92. The number of methoxy groups -OCH3 is 2. The molecular formula is C40H40ClN8O6+. The molecule has 15 heteroatoms. The largest absolute Gasteiger partial charge is 0.497 e. The summed E-state index contributed by atoms with van der Waals surface area (Å²) < 4.78 is 13.1. The molecule has 55 heavy (non-hydrogen) atoms.